The second-order valence-corrected chi connectivity index (χ2v) is 15.3. The SMILES string of the molecule is c1ccc(-c2ccc(-c3cc(N(c4ccccc4)c4ccc(-c5cccc6ccccc56)cc4)ccc3-c3ccccc3-n3c4ccccc4c4ccccc43)cc2)cc1. The van der Waals surface area contributed by atoms with E-state index in [0.29, 0.717) is 0 Å². The smallest absolute Gasteiger partial charge is 0.0541 e. The highest BCUT2D eigenvalue weighted by molar-refractivity contribution is 6.10. The summed E-state index contributed by atoms with van der Waals surface area (Å²) in [7, 11) is 0. The lowest BCUT2D eigenvalue weighted by Gasteiger charge is -2.27. The van der Waals surface area contributed by atoms with Crippen LogP contribution in [0.1, 0.15) is 0 Å². The van der Waals surface area contributed by atoms with Gasteiger partial charge >= 0.3 is 0 Å². The molecule has 0 unspecified atom stereocenters. The first kappa shape index (κ1) is 35.2. The first-order valence-corrected chi connectivity index (χ1v) is 20.6. The van der Waals surface area contributed by atoms with Gasteiger partial charge in [0.1, 0.15) is 0 Å². The number of rotatable bonds is 8. The van der Waals surface area contributed by atoms with Gasteiger partial charge in [-0.2, -0.15) is 0 Å². The fourth-order valence-corrected chi connectivity index (χ4v) is 8.99. The van der Waals surface area contributed by atoms with Crippen LogP contribution in [-0.4, -0.2) is 4.57 Å². The summed E-state index contributed by atoms with van der Waals surface area (Å²) in [6.07, 6.45) is 0. The Hall–Kier alpha value is -7.94. The summed E-state index contributed by atoms with van der Waals surface area (Å²) in [5, 5.41) is 5.00. The van der Waals surface area contributed by atoms with Crippen molar-refractivity contribution in [3.63, 3.8) is 0 Å². The van der Waals surface area contributed by atoms with Crippen LogP contribution in [0, 0.1) is 0 Å². The van der Waals surface area contributed by atoms with Crippen molar-refractivity contribution >= 4 is 49.6 Å². The number of hydrogen-bond acceptors (Lipinski definition) is 1. The largest absolute Gasteiger partial charge is 0.310 e. The molecular weight excluding hydrogens is 725 g/mol. The van der Waals surface area contributed by atoms with E-state index in [1.807, 2.05) is 0 Å². The number of para-hydroxylation sites is 4. The predicted molar refractivity (Wildman–Crippen MR) is 255 cm³/mol. The van der Waals surface area contributed by atoms with Crippen molar-refractivity contribution < 1.29 is 0 Å². The van der Waals surface area contributed by atoms with Gasteiger partial charge < -0.3 is 9.47 Å². The van der Waals surface area contributed by atoms with E-state index in [-0.39, 0.29) is 0 Å². The van der Waals surface area contributed by atoms with Gasteiger partial charge in [-0.1, -0.05) is 188 Å². The molecule has 0 aliphatic heterocycles. The van der Waals surface area contributed by atoms with Crippen molar-refractivity contribution in [2.24, 2.45) is 0 Å². The fraction of sp³-hybridized carbons (Fsp3) is 0. The third-order valence-electron chi connectivity index (χ3n) is 11.8. The summed E-state index contributed by atoms with van der Waals surface area (Å²) in [5.74, 6) is 0. The van der Waals surface area contributed by atoms with Crippen LogP contribution in [-0.2, 0) is 0 Å². The van der Waals surface area contributed by atoms with Crippen LogP contribution in [0.2, 0.25) is 0 Å². The molecule has 0 saturated carbocycles. The van der Waals surface area contributed by atoms with E-state index in [2.05, 4.69) is 252 Å². The summed E-state index contributed by atoms with van der Waals surface area (Å²) >= 11 is 0. The highest BCUT2D eigenvalue weighted by atomic mass is 15.1. The summed E-state index contributed by atoms with van der Waals surface area (Å²) in [4.78, 5) is 2.37. The van der Waals surface area contributed by atoms with Gasteiger partial charge in [-0.15, -0.1) is 0 Å². The van der Waals surface area contributed by atoms with Crippen molar-refractivity contribution in [2.45, 2.75) is 0 Å². The van der Waals surface area contributed by atoms with E-state index in [0.717, 1.165) is 33.9 Å². The highest BCUT2D eigenvalue weighted by Gasteiger charge is 2.20. The Kier molecular flexibility index (Phi) is 8.87. The van der Waals surface area contributed by atoms with Crippen molar-refractivity contribution in [3.05, 3.63) is 243 Å². The molecule has 0 N–H and O–H groups in total. The molecule has 0 spiro atoms. The van der Waals surface area contributed by atoms with Crippen LogP contribution in [0.3, 0.4) is 0 Å². The number of aromatic nitrogens is 1. The molecule has 0 amide bonds. The van der Waals surface area contributed by atoms with E-state index in [4.69, 9.17) is 0 Å². The molecule has 282 valence electrons. The maximum Gasteiger partial charge on any atom is 0.0541 e. The van der Waals surface area contributed by atoms with Gasteiger partial charge in [-0.05, 0) is 104 Å². The van der Waals surface area contributed by atoms with Gasteiger partial charge in [-0.3, -0.25) is 0 Å². The van der Waals surface area contributed by atoms with Crippen LogP contribution in [0.5, 0.6) is 0 Å². The molecule has 11 rings (SSSR count). The topological polar surface area (TPSA) is 8.17 Å². The molecule has 0 aliphatic rings. The number of fused-ring (bicyclic) bond motifs is 4. The Balaban J connectivity index is 1.10. The molecule has 0 atom stereocenters. The van der Waals surface area contributed by atoms with Gasteiger partial charge in [0.15, 0.2) is 0 Å². The van der Waals surface area contributed by atoms with E-state index in [9.17, 15) is 0 Å². The normalized spacial score (nSPS) is 11.3. The Morgan fingerprint density at radius 2 is 0.750 bits per heavy atom. The minimum Gasteiger partial charge on any atom is -0.310 e. The lowest BCUT2D eigenvalue weighted by molar-refractivity contribution is 1.18. The molecule has 2 heteroatoms. The molecule has 1 heterocycles. The quantitative estimate of drug-likeness (QED) is 0.150. The first-order chi connectivity index (χ1) is 29.8. The van der Waals surface area contributed by atoms with Gasteiger partial charge in [0.25, 0.3) is 0 Å². The van der Waals surface area contributed by atoms with Crippen molar-refractivity contribution in [3.8, 4) is 50.2 Å². The van der Waals surface area contributed by atoms with Crippen LogP contribution in [0.25, 0.3) is 82.8 Å². The highest BCUT2D eigenvalue weighted by Crippen LogP contribution is 2.44. The second-order valence-electron chi connectivity index (χ2n) is 15.3. The third kappa shape index (κ3) is 6.23. The average Bonchev–Trinajstić information content (AvgIpc) is 3.67. The summed E-state index contributed by atoms with van der Waals surface area (Å²) in [5.41, 5.74) is 16.3. The number of anilines is 3. The monoisotopic (exact) mass is 764 g/mol. The summed E-state index contributed by atoms with van der Waals surface area (Å²) in [6, 6.07) is 87.9. The molecule has 11 aromatic rings. The maximum absolute atomic E-state index is 2.43. The standard InChI is InChI=1S/C58H40N2/c1-3-16-41(17-4-1)42-30-32-45(33-31-42)55-40-48(38-39-51(55)52-23-9-12-27-56(52)60-57-28-13-10-24-53(57)54-25-11-14-29-58(54)60)59(46-20-5-2-6-21-46)47-36-34-44(35-37-47)50-26-15-19-43-18-7-8-22-49(43)50/h1-40H. The zero-order valence-electron chi connectivity index (χ0n) is 33.0. The summed E-state index contributed by atoms with van der Waals surface area (Å²) < 4.78 is 2.43. The Labute approximate surface area is 350 Å². The zero-order valence-corrected chi connectivity index (χ0v) is 33.0. The maximum atomic E-state index is 2.43. The molecule has 0 bridgehead atoms. The minimum atomic E-state index is 1.08. The van der Waals surface area contributed by atoms with E-state index in [1.54, 1.807) is 0 Å². The fourth-order valence-electron chi connectivity index (χ4n) is 8.99. The average molecular weight is 765 g/mol. The van der Waals surface area contributed by atoms with Gasteiger partial charge in [-0.25, -0.2) is 0 Å². The molecule has 2 nitrogen and oxygen atoms in total. The predicted octanol–water partition coefficient (Wildman–Crippen LogP) is 16.1. The lowest BCUT2D eigenvalue weighted by Crippen LogP contribution is -2.10. The Bertz CT molecular complexity index is 3230. The van der Waals surface area contributed by atoms with Gasteiger partial charge in [0.2, 0.25) is 0 Å². The molecule has 10 aromatic carbocycles. The molecular formula is C58H40N2. The molecule has 0 fully saturated rings. The number of nitrogens with zero attached hydrogens (tertiary/aromatic N) is 2. The molecule has 0 radical (unpaired) electrons. The minimum absolute atomic E-state index is 1.08. The van der Waals surface area contributed by atoms with Gasteiger partial charge in [0.05, 0.1) is 16.7 Å². The summed E-state index contributed by atoms with van der Waals surface area (Å²) in [6.45, 7) is 0. The molecule has 60 heavy (non-hydrogen) atoms. The van der Waals surface area contributed by atoms with E-state index >= 15 is 0 Å². The third-order valence-corrected chi connectivity index (χ3v) is 11.8. The molecule has 0 saturated heterocycles. The van der Waals surface area contributed by atoms with Crippen LogP contribution in [0.4, 0.5) is 17.1 Å². The Morgan fingerprint density at radius 1 is 0.267 bits per heavy atom. The first-order valence-electron chi connectivity index (χ1n) is 20.6. The number of hydrogen-bond donors (Lipinski definition) is 0. The van der Waals surface area contributed by atoms with Crippen molar-refractivity contribution in [1.29, 1.82) is 0 Å². The zero-order chi connectivity index (χ0) is 39.8. The van der Waals surface area contributed by atoms with Crippen LogP contribution >= 0.6 is 0 Å². The van der Waals surface area contributed by atoms with Crippen LogP contribution in [0.15, 0.2) is 243 Å². The molecule has 1 aromatic heterocycles. The van der Waals surface area contributed by atoms with Crippen LogP contribution < -0.4 is 4.90 Å². The van der Waals surface area contributed by atoms with Gasteiger partial charge in [0, 0.05) is 33.4 Å². The Morgan fingerprint density at radius 3 is 1.48 bits per heavy atom. The second kappa shape index (κ2) is 15.1. The van der Waals surface area contributed by atoms with E-state index in [1.165, 1.54) is 66.0 Å². The van der Waals surface area contributed by atoms with Crippen molar-refractivity contribution in [2.75, 3.05) is 4.90 Å². The van der Waals surface area contributed by atoms with E-state index < -0.39 is 0 Å². The number of benzene rings is 10. The van der Waals surface area contributed by atoms with Crippen molar-refractivity contribution in [1.82, 2.24) is 4.57 Å². The lowest BCUT2D eigenvalue weighted by atomic mass is 9.91. The molecule has 0 aliphatic carbocycles.